The summed E-state index contributed by atoms with van der Waals surface area (Å²) in [6.07, 6.45) is 12.8. The van der Waals surface area contributed by atoms with Crippen LogP contribution in [0, 0.1) is 37.0 Å². The van der Waals surface area contributed by atoms with Crippen LogP contribution < -0.4 is 11.2 Å². The fraction of sp³-hybridized carbons (Fsp3) is 0.469. The number of hydrogen-bond acceptors (Lipinski definition) is 9. The maximum absolute atomic E-state index is 13.8. The Bertz CT molecular complexity index is 1450. The first-order chi connectivity index (χ1) is 20.6. The highest BCUT2D eigenvalue weighted by Crippen LogP contribution is 2.33. The van der Waals surface area contributed by atoms with Crippen molar-refractivity contribution in [1.29, 1.82) is 0 Å². The predicted molar refractivity (Wildman–Crippen MR) is 157 cm³/mol. The molecule has 1 aliphatic heterocycles. The highest BCUT2D eigenvalue weighted by molar-refractivity contribution is 5.71. The van der Waals surface area contributed by atoms with E-state index in [0.717, 1.165) is 10.1 Å². The van der Waals surface area contributed by atoms with Gasteiger partial charge in [0.05, 0.1) is 13.2 Å². The lowest BCUT2D eigenvalue weighted by molar-refractivity contribution is -0.278. The van der Waals surface area contributed by atoms with Crippen molar-refractivity contribution in [3.05, 3.63) is 69.0 Å². The molecule has 11 heteroatoms. The van der Waals surface area contributed by atoms with Crippen LogP contribution in [0.25, 0.3) is 0 Å². The number of esters is 1. The van der Waals surface area contributed by atoms with Gasteiger partial charge in [0.2, 0.25) is 0 Å². The van der Waals surface area contributed by atoms with E-state index >= 15 is 0 Å². The highest BCUT2D eigenvalue weighted by Gasteiger charge is 2.49. The summed E-state index contributed by atoms with van der Waals surface area (Å²) in [6, 6.07) is 10.3. The third-order valence-corrected chi connectivity index (χ3v) is 6.16. The van der Waals surface area contributed by atoms with Gasteiger partial charge in [-0.05, 0) is 26.3 Å². The van der Waals surface area contributed by atoms with Crippen LogP contribution in [0.3, 0.4) is 0 Å². The lowest BCUT2D eigenvalue weighted by Crippen LogP contribution is -2.61. The second-order valence-corrected chi connectivity index (χ2v) is 10.5. The van der Waals surface area contributed by atoms with Crippen LogP contribution in [0.1, 0.15) is 32.6 Å². The minimum Gasteiger partial charge on any atom is -0.458 e. The summed E-state index contributed by atoms with van der Waals surface area (Å²) in [6.45, 7) is 4.25. The Morgan fingerprint density at radius 3 is 2.12 bits per heavy atom. The molecule has 43 heavy (non-hydrogen) atoms. The molecule has 0 spiro atoms. The number of ether oxygens (including phenoxy) is 6. The molecule has 1 aliphatic rings. The summed E-state index contributed by atoms with van der Waals surface area (Å²) in [4.78, 5) is 38.8. The van der Waals surface area contributed by atoms with Gasteiger partial charge in [-0.2, -0.15) is 0 Å². The quantitative estimate of drug-likeness (QED) is 0.251. The molecule has 228 valence electrons. The Morgan fingerprint density at radius 2 is 1.51 bits per heavy atom. The van der Waals surface area contributed by atoms with E-state index in [0.29, 0.717) is 0 Å². The molecule has 3 rings (SSSR count). The Hall–Kier alpha value is -4.15. The van der Waals surface area contributed by atoms with Crippen LogP contribution in [0.2, 0.25) is 0 Å². The largest absolute Gasteiger partial charge is 0.458 e. The zero-order valence-corrected chi connectivity index (χ0v) is 24.5. The van der Waals surface area contributed by atoms with E-state index in [1.165, 1.54) is 16.8 Å². The molecule has 0 radical (unpaired) electrons. The Labute approximate surface area is 251 Å². The van der Waals surface area contributed by atoms with Gasteiger partial charge in [0.25, 0.3) is 5.56 Å². The second-order valence-electron chi connectivity index (χ2n) is 10.5. The number of rotatable bonds is 13. The second kappa shape index (κ2) is 15.9. The van der Waals surface area contributed by atoms with E-state index in [1.807, 2.05) is 6.07 Å². The normalized spacial score (nSPS) is 21.7. The molecule has 0 amide bonds. The molecule has 5 atom stereocenters. The number of benzene rings is 1. The number of hydrogen-bond donors (Lipinski definition) is 0. The van der Waals surface area contributed by atoms with Crippen molar-refractivity contribution in [2.24, 2.45) is 0 Å². The van der Waals surface area contributed by atoms with Gasteiger partial charge < -0.3 is 28.4 Å². The summed E-state index contributed by atoms with van der Waals surface area (Å²) < 4.78 is 37.5. The van der Waals surface area contributed by atoms with Crippen LogP contribution in [-0.4, -0.2) is 78.2 Å². The fourth-order valence-corrected chi connectivity index (χ4v) is 4.52. The molecule has 0 N–H and O–H groups in total. The first kappa shape index (κ1) is 33.4. The van der Waals surface area contributed by atoms with Gasteiger partial charge >= 0.3 is 11.7 Å². The fourth-order valence-electron chi connectivity index (χ4n) is 4.52. The standard InChI is InChI=1S/C32H36N2O9/c1-7-17-39-27-24(21-38-22-26(36)43-32(4,5)6)42-30(29(41-19-9-3)28(27)40-18-8-2)33-16-15-25(35)34(31(33)37)20-23-13-11-10-12-14-23/h1-3,10-16,24,27-30H,17-22H2,4-6H3/t24?,27-,28?,29-,30-/m1/s1. The number of nitrogens with zero attached hydrogens (tertiary/aromatic N) is 2. The number of carbonyl (C=O) groups excluding carboxylic acids is 1. The summed E-state index contributed by atoms with van der Waals surface area (Å²) in [5, 5.41) is 0. The molecule has 2 aromatic rings. The third kappa shape index (κ3) is 9.42. The van der Waals surface area contributed by atoms with Crippen LogP contribution in [0.5, 0.6) is 0 Å². The monoisotopic (exact) mass is 592 g/mol. The van der Waals surface area contributed by atoms with Crippen molar-refractivity contribution in [3.8, 4) is 37.0 Å². The van der Waals surface area contributed by atoms with Crippen LogP contribution in [-0.2, 0) is 39.8 Å². The number of carbonyl (C=O) groups is 1. The van der Waals surface area contributed by atoms with Crippen molar-refractivity contribution in [3.63, 3.8) is 0 Å². The Kier molecular flexibility index (Phi) is 12.3. The first-order valence-corrected chi connectivity index (χ1v) is 13.6. The molecule has 0 bridgehead atoms. The molecule has 0 saturated carbocycles. The van der Waals surface area contributed by atoms with Crippen molar-refractivity contribution in [2.45, 2.75) is 63.6 Å². The maximum Gasteiger partial charge on any atom is 0.333 e. The van der Waals surface area contributed by atoms with E-state index in [9.17, 15) is 14.4 Å². The lowest BCUT2D eigenvalue weighted by Gasteiger charge is -2.45. The van der Waals surface area contributed by atoms with E-state index in [4.69, 9.17) is 47.7 Å². The highest BCUT2D eigenvalue weighted by atomic mass is 16.6. The molecule has 1 aromatic heterocycles. The van der Waals surface area contributed by atoms with E-state index < -0.39 is 53.5 Å². The van der Waals surface area contributed by atoms with Crippen LogP contribution in [0.4, 0.5) is 0 Å². The zero-order chi connectivity index (χ0) is 31.4. The van der Waals surface area contributed by atoms with Crippen molar-refractivity contribution >= 4 is 5.97 Å². The van der Waals surface area contributed by atoms with Crippen LogP contribution in [0.15, 0.2) is 52.2 Å². The first-order valence-electron chi connectivity index (χ1n) is 13.6. The van der Waals surface area contributed by atoms with Crippen LogP contribution >= 0.6 is 0 Å². The summed E-state index contributed by atoms with van der Waals surface area (Å²) in [5.41, 5.74) is -1.13. The van der Waals surface area contributed by atoms with Crippen molar-refractivity contribution in [1.82, 2.24) is 9.13 Å². The summed E-state index contributed by atoms with van der Waals surface area (Å²) in [7, 11) is 0. The van der Waals surface area contributed by atoms with Crippen molar-refractivity contribution in [2.75, 3.05) is 33.0 Å². The van der Waals surface area contributed by atoms with Gasteiger partial charge in [-0.15, -0.1) is 19.3 Å². The minimum atomic E-state index is -1.17. The smallest absolute Gasteiger partial charge is 0.333 e. The molecule has 11 nitrogen and oxygen atoms in total. The molecule has 2 unspecified atom stereocenters. The average molecular weight is 593 g/mol. The van der Waals surface area contributed by atoms with Gasteiger partial charge in [0.15, 0.2) is 6.23 Å². The molecule has 1 saturated heterocycles. The van der Waals surface area contributed by atoms with Crippen molar-refractivity contribution < 1.29 is 33.2 Å². The minimum absolute atomic E-state index is 0.0231. The molecular formula is C32H36N2O9. The van der Waals surface area contributed by atoms with E-state index in [2.05, 4.69) is 17.8 Å². The molecule has 0 aliphatic carbocycles. The summed E-state index contributed by atoms with van der Waals surface area (Å²) >= 11 is 0. The summed E-state index contributed by atoms with van der Waals surface area (Å²) in [5.74, 6) is 6.63. The van der Waals surface area contributed by atoms with Gasteiger partial charge in [-0.3, -0.25) is 13.9 Å². The Balaban J connectivity index is 2.03. The van der Waals surface area contributed by atoms with Gasteiger partial charge in [0, 0.05) is 12.3 Å². The number of aromatic nitrogens is 2. The average Bonchev–Trinajstić information content (AvgIpc) is 2.96. The molecule has 1 fully saturated rings. The molecule has 1 aromatic carbocycles. The van der Waals surface area contributed by atoms with E-state index in [-0.39, 0.29) is 39.6 Å². The predicted octanol–water partition coefficient (Wildman–Crippen LogP) is 1.37. The third-order valence-electron chi connectivity index (χ3n) is 6.16. The van der Waals surface area contributed by atoms with Gasteiger partial charge in [0.1, 0.15) is 56.4 Å². The number of terminal acetylenes is 3. The van der Waals surface area contributed by atoms with Gasteiger partial charge in [-0.1, -0.05) is 48.1 Å². The molecular weight excluding hydrogens is 556 g/mol. The van der Waals surface area contributed by atoms with E-state index in [1.54, 1.807) is 45.0 Å². The van der Waals surface area contributed by atoms with Gasteiger partial charge in [-0.25, -0.2) is 9.59 Å². The molecule has 2 heterocycles. The maximum atomic E-state index is 13.8. The lowest BCUT2D eigenvalue weighted by atomic mass is 9.97. The topological polar surface area (TPSA) is 116 Å². The zero-order valence-electron chi connectivity index (χ0n) is 24.5. The Morgan fingerprint density at radius 1 is 0.907 bits per heavy atom. The SMILES string of the molecule is C#CCOC1[C@H](OCC#C)C(COCC(=O)OC(C)(C)C)O[C@@H](n2ccc(=O)n(Cc3ccccc3)c2=O)[C@@H]1OCC#C.